The molecule has 1 N–H and O–H groups in total. The highest BCUT2D eigenvalue weighted by molar-refractivity contribution is 4.91. The molecule has 14 heavy (non-hydrogen) atoms. The maximum atomic E-state index is 9.19. The number of piperidine rings is 1. The van der Waals surface area contributed by atoms with Crippen LogP contribution < -0.4 is 0 Å². The summed E-state index contributed by atoms with van der Waals surface area (Å²) in [4.78, 5) is 2.60. The Labute approximate surface area is 88.3 Å². The van der Waals surface area contributed by atoms with Gasteiger partial charge in [0.05, 0.1) is 0 Å². The van der Waals surface area contributed by atoms with E-state index in [0.717, 1.165) is 19.4 Å². The first kappa shape index (κ1) is 12.0. The summed E-state index contributed by atoms with van der Waals surface area (Å²) >= 11 is 0. The first-order valence-electron chi connectivity index (χ1n) is 5.89. The van der Waals surface area contributed by atoms with Gasteiger partial charge in [0, 0.05) is 18.2 Å². The molecule has 1 saturated heterocycles. The maximum absolute atomic E-state index is 9.19. The average molecular weight is 199 g/mol. The molecule has 0 aromatic heterocycles. The van der Waals surface area contributed by atoms with Crippen LogP contribution in [0.1, 0.15) is 47.0 Å². The molecular formula is C12H25NO. The number of aliphatic hydroxyl groups excluding tert-OH is 1. The van der Waals surface area contributed by atoms with E-state index in [1.54, 1.807) is 0 Å². The van der Waals surface area contributed by atoms with Gasteiger partial charge in [0.25, 0.3) is 0 Å². The van der Waals surface area contributed by atoms with E-state index >= 15 is 0 Å². The Morgan fingerprint density at radius 1 is 1.50 bits per heavy atom. The van der Waals surface area contributed by atoms with Gasteiger partial charge in [-0.1, -0.05) is 6.92 Å². The summed E-state index contributed by atoms with van der Waals surface area (Å²) in [5.41, 5.74) is 0.265. The fraction of sp³-hybridized carbons (Fsp3) is 1.00. The fourth-order valence-electron chi connectivity index (χ4n) is 2.74. The lowest BCUT2D eigenvalue weighted by Crippen LogP contribution is -2.54. The molecule has 1 rings (SSSR count). The number of hydrogen-bond donors (Lipinski definition) is 1. The van der Waals surface area contributed by atoms with Crippen molar-refractivity contribution in [3.05, 3.63) is 0 Å². The quantitative estimate of drug-likeness (QED) is 0.753. The first-order chi connectivity index (χ1) is 6.51. The minimum atomic E-state index is 0.265. The molecular weight excluding hydrogens is 174 g/mol. The van der Waals surface area contributed by atoms with E-state index in [0.29, 0.717) is 18.6 Å². The summed E-state index contributed by atoms with van der Waals surface area (Å²) in [6.07, 6.45) is 3.51. The van der Waals surface area contributed by atoms with Gasteiger partial charge in [0.15, 0.2) is 0 Å². The van der Waals surface area contributed by atoms with Crippen molar-refractivity contribution >= 4 is 0 Å². The Morgan fingerprint density at radius 3 is 2.57 bits per heavy atom. The van der Waals surface area contributed by atoms with Crippen LogP contribution in [-0.2, 0) is 0 Å². The second-order valence-electron chi connectivity index (χ2n) is 5.30. The van der Waals surface area contributed by atoms with Crippen LogP contribution in [0.4, 0.5) is 0 Å². The highest BCUT2D eigenvalue weighted by Gasteiger charge is 2.36. The molecule has 2 heteroatoms. The van der Waals surface area contributed by atoms with Gasteiger partial charge in [-0.2, -0.15) is 0 Å². The van der Waals surface area contributed by atoms with Crippen LogP contribution in [0.2, 0.25) is 0 Å². The number of rotatable bonds is 3. The lowest BCUT2D eigenvalue weighted by atomic mass is 9.82. The molecule has 2 nitrogen and oxygen atoms in total. The van der Waals surface area contributed by atoms with E-state index in [9.17, 15) is 5.11 Å². The van der Waals surface area contributed by atoms with Crippen molar-refractivity contribution in [2.45, 2.75) is 58.5 Å². The minimum Gasteiger partial charge on any atom is -0.396 e. The third-order valence-corrected chi connectivity index (χ3v) is 3.73. The Morgan fingerprint density at radius 2 is 2.14 bits per heavy atom. The molecule has 1 aliphatic rings. The Hall–Kier alpha value is -0.0800. The summed E-state index contributed by atoms with van der Waals surface area (Å²) in [6.45, 7) is 10.7. The molecule has 1 fully saturated rings. The summed E-state index contributed by atoms with van der Waals surface area (Å²) in [5.74, 6) is 0.519. The molecule has 0 bridgehead atoms. The number of hydrogen-bond acceptors (Lipinski definition) is 2. The summed E-state index contributed by atoms with van der Waals surface area (Å²) < 4.78 is 0. The Kier molecular flexibility index (Phi) is 3.96. The van der Waals surface area contributed by atoms with Crippen molar-refractivity contribution < 1.29 is 5.11 Å². The van der Waals surface area contributed by atoms with E-state index in [1.165, 1.54) is 6.42 Å². The number of likely N-dealkylation sites (tertiary alicyclic amines) is 1. The van der Waals surface area contributed by atoms with E-state index in [4.69, 9.17) is 0 Å². The van der Waals surface area contributed by atoms with Crippen LogP contribution in [0, 0.1) is 5.92 Å². The summed E-state index contributed by atoms with van der Waals surface area (Å²) in [5, 5.41) is 9.19. The van der Waals surface area contributed by atoms with Crippen LogP contribution in [0.15, 0.2) is 0 Å². The van der Waals surface area contributed by atoms with Crippen LogP contribution in [0.3, 0.4) is 0 Å². The van der Waals surface area contributed by atoms with E-state index in [2.05, 4.69) is 32.6 Å². The lowest BCUT2D eigenvalue weighted by molar-refractivity contribution is -0.000139. The van der Waals surface area contributed by atoms with E-state index < -0.39 is 0 Å². The molecule has 0 spiro atoms. The van der Waals surface area contributed by atoms with Crippen molar-refractivity contribution in [3.8, 4) is 0 Å². The molecule has 2 unspecified atom stereocenters. The highest BCUT2D eigenvalue weighted by atomic mass is 16.3. The zero-order chi connectivity index (χ0) is 10.8. The van der Waals surface area contributed by atoms with Crippen LogP contribution in [-0.4, -0.2) is 34.7 Å². The first-order valence-corrected chi connectivity index (χ1v) is 5.89. The number of aliphatic hydroxyl groups is 1. The maximum Gasteiger partial charge on any atom is 0.0460 e. The van der Waals surface area contributed by atoms with Crippen molar-refractivity contribution in [3.63, 3.8) is 0 Å². The standard InChI is InChI=1S/C12H25NO/c1-5-10(2)13-7-6-11(9-14)8-12(13,3)4/h10-11,14H,5-9H2,1-4H3. The monoisotopic (exact) mass is 199 g/mol. The fourth-order valence-corrected chi connectivity index (χ4v) is 2.74. The van der Waals surface area contributed by atoms with Crippen LogP contribution in [0.25, 0.3) is 0 Å². The molecule has 0 aromatic rings. The van der Waals surface area contributed by atoms with Crippen LogP contribution >= 0.6 is 0 Å². The molecule has 0 aliphatic carbocycles. The Balaban J connectivity index is 2.62. The van der Waals surface area contributed by atoms with Crippen LogP contribution in [0.5, 0.6) is 0 Å². The molecule has 1 heterocycles. The molecule has 2 atom stereocenters. The molecule has 84 valence electrons. The molecule has 0 aromatic carbocycles. The average Bonchev–Trinajstić information content (AvgIpc) is 2.15. The van der Waals surface area contributed by atoms with Gasteiger partial charge >= 0.3 is 0 Å². The van der Waals surface area contributed by atoms with Crippen molar-refractivity contribution in [2.24, 2.45) is 5.92 Å². The van der Waals surface area contributed by atoms with Gasteiger partial charge in [-0.3, -0.25) is 4.90 Å². The molecule has 0 amide bonds. The third-order valence-electron chi connectivity index (χ3n) is 3.73. The zero-order valence-corrected chi connectivity index (χ0v) is 10.1. The van der Waals surface area contributed by atoms with Gasteiger partial charge < -0.3 is 5.11 Å². The lowest BCUT2D eigenvalue weighted by Gasteiger charge is -2.48. The second kappa shape index (κ2) is 4.63. The van der Waals surface area contributed by atoms with Gasteiger partial charge in [-0.15, -0.1) is 0 Å². The zero-order valence-electron chi connectivity index (χ0n) is 10.1. The second-order valence-corrected chi connectivity index (χ2v) is 5.30. The van der Waals surface area contributed by atoms with Gasteiger partial charge in [-0.05, 0) is 52.5 Å². The molecule has 0 radical (unpaired) electrons. The third kappa shape index (κ3) is 2.48. The summed E-state index contributed by atoms with van der Waals surface area (Å²) in [6, 6.07) is 0.671. The highest BCUT2D eigenvalue weighted by Crippen LogP contribution is 2.33. The summed E-state index contributed by atoms with van der Waals surface area (Å²) in [7, 11) is 0. The molecule has 1 aliphatic heterocycles. The topological polar surface area (TPSA) is 23.5 Å². The Bertz CT molecular complexity index is 179. The molecule has 0 saturated carbocycles. The van der Waals surface area contributed by atoms with Gasteiger partial charge in [-0.25, -0.2) is 0 Å². The van der Waals surface area contributed by atoms with Crippen molar-refractivity contribution in [2.75, 3.05) is 13.2 Å². The van der Waals surface area contributed by atoms with Crippen molar-refractivity contribution in [1.82, 2.24) is 4.90 Å². The SMILES string of the molecule is CCC(C)N1CCC(CO)CC1(C)C. The minimum absolute atomic E-state index is 0.265. The predicted molar refractivity (Wildman–Crippen MR) is 60.3 cm³/mol. The largest absolute Gasteiger partial charge is 0.396 e. The van der Waals surface area contributed by atoms with E-state index in [1.807, 2.05) is 0 Å². The van der Waals surface area contributed by atoms with Crippen molar-refractivity contribution in [1.29, 1.82) is 0 Å². The van der Waals surface area contributed by atoms with E-state index in [-0.39, 0.29) is 5.54 Å². The normalized spacial score (nSPS) is 30.2. The van der Waals surface area contributed by atoms with Gasteiger partial charge in [0.1, 0.15) is 0 Å². The van der Waals surface area contributed by atoms with Gasteiger partial charge in [0.2, 0.25) is 0 Å². The smallest absolute Gasteiger partial charge is 0.0460 e. The predicted octanol–water partition coefficient (Wildman–Crippen LogP) is 2.27. The number of nitrogens with zero attached hydrogens (tertiary/aromatic N) is 1.